The van der Waals surface area contributed by atoms with Gasteiger partial charge < -0.3 is 11.1 Å². The molecule has 3 N–H and O–H groups in total. The molecule has 1 aromatic carbocycles. The van der Waals surface area contributed by atoms with Crippen molar-refractivity contribution in [3.05, 3.63) is 35.6 Å². The standard InChI is InChI=1S/C16H23FN2O/c1-2-4-14(18)16(20)19-15(11-5-3-6-11)12-7-9-13(17)10-8-12/h7-11,14-15H,2-6,18H2,1H3,(H,19,20). The molecule has 0 radical (unpaired) electrons. The van der Waals surface area contributed by atoms with Crippen molar-refractivity contribution in [3.8, 4) is 0 Å². The number of halogens is 1. The van der Waals surface area contributed by atoms with Gasteiger partial charge in [0.25, 0.3) is 0 Å². The molecule has 0 aliphatic heterocycles. The van der Waals surface area contributed by atoms with Crippen LogP contribution in [0.25, 0.3) is 0 Å². The lowest BCUT2D eigenvalue weighted by Crippen LogP contribution is -2.45. The number of amides is 1. The first-order chi connectivity index (χ1) is 9.61. The highest BCUT2D eigenvalue weighted by Crippen LogP contribution is 2.37. The predicted octanol–water partition coefficient (Wildman–Crippen LogP) is 2.91. The molecule has 1 aliphatic carbocycles. The van der Waals surface area contributed by atoms with Gasteiger partial charge in [-0.05, 0) is 42.9 Å². The van der Waals surface area contributed by atoms with Crippen molar-refractivity contribution in [2.45, 2.75) is 51.1 Å². The number of rotatable bonds is 6. The van der Waals surface area contributed by atoms with E-state index in [9.17, 15) is 9.18 Å². The van der Waals surface area contributed by atoms with Gasteiger partial charge in [-0.3, -0.25) is 4.79 Å². The van der Waals surface area contributed by atoms with Crippen LogP contribution in [0.15, 0.2) is 24.3 Å². The lowest BCUT2D eigenvalue weighted by molar-refractivity contribution is -0.123. The summed E-state index contributed by atoms with van der Waals surface area (Å²) in [6.45, 7) is 2.01. The van der Waals surface area contributed by atoms with Gasteiger partial charge in [0.15, 0.2) is 0 Å². The van der Waals surface area contributed by atoms with Crippen molar-refractivity contribution in [1.29, 1.82) is 0 Å². The molecule has 0 bridgehead atoms. The number of nitrogens with one attached hydrogen (secondary N) is 1. The fourth-order valence-corrected chi connectivity index (χ4v) is 2.62. The third kappa shape index (κ3) is 3.57. The Bertz CT molecular complexity index is 442. The topological polar surface area (TPSA) is 55.1 Å². The van der Waals surface area contributed by atoms with Crippen LogP contribution in [0.3, 0.4) is 0 Å². The highest BCUT2D eigenvalue weighted by molar-refractivity contribution is 5.81. The Kier molecular flexibility index (Phi) is 5.12. The van der Waals surface area contributed by atoms with Gasteiger partial charge in [-0.25, -0.2) is 4.39 Å². The van der Waals surface area contributed by atoms with Crippen LogP contribution in [-0.2, 0) is 4.79 Å². The molecule has 3 nitrogen and oxygen atoms in total. The lowest BCUT2D eigenvalue weighted by Gasteiger charge is -2.35. The first-order valence-corrected chi connectivity index (χ1v) is 7.43. The first kappa shape index (κ1) is 15.0. The van der Waals surface area contributed by atoms with Crippen LogP contribution in [0, 0.1) is 11.7 Å². The summed E-state index contributed by atoms with van der Waals surface area (Å²) in [6, 6.07) is 5.90. The average molecular weight is 278 g/mol. The van der Waals surface area contributed by atoms with E-state index in [2.05, 4.69) is 5.32 Å². The quantitative estimate of drug-likeness (QED) is 0.840. The van der Waals surface area contributed by atoms with Gasteiger partial charge in [0.1, 0.15) is 5.82 Å². The van der Waals surface area contributed by atoms with Crippen molar-refractivity contribution in [2.75, 3.05) is 0 Å². The molecular weight excluding hydrogens is 255 g/mol. The first-order valence-electron chi connectivity index (χ1n) is 7.43. The Balaban J connectivity index is 2.08. The van der Waals surface area contributed by atoms with Crippen molar-refractivity contribution in [1.82, 2.24) is 5.32 Å². The van der Waals surface area contributed by atoms with Crippen molar-refractivity contribution in [2.24, 2.45) is 11.7 Å². The smallest absolute Gasteiger partial charge is 0.237 e. The second-order valence-corrected chi connectivity index (χ2v) is 5.62. The van der Waals surface area contributed by atoms with Crippen LogP contribution in [0.1, 0.15) is 50.6 Å². The molecule has 2 unspecified atom stereocenters. The SMILES string of the molecule is CCCC(N)C(=O)NC(c1ccc(F)cc1)C1CCC1. The van der Waals surface area contributed by atoms with E-state index >= 15 is 0 Å². The molecule has 0 heterocycles. The number of nitrogens with two attached hydrogens (primary N) is 1. The number of hydrogen-bond acceptors (Lipinski definition) is 2. The summed E-state index contributed by atoms with van der Waals surface area (Å²) in [5.41, 5.74) is 6.83. The second-order valence-electron chi connectivity index (χ2n) is 5.62. The van der Waals surface area contributed by atoms with Gasteiger partial charge >= 0.3 is 0 Å². The second kappa shape index (κ2) is 6.84. The normalized spacial score (nSPS) is 18.1. The number of carbonyl (C=O) groups is 1. The van der Waals surface area contributed by atoms with Gasteiger partial charge in [0.2, 0.25) is 5.91 Å². The van der Waals surface area contributed by atoms with Gasteiger partial charge in [-0.15, -0.1) is 0 Å². The van der Waals surface area contributed by atoms with Crippen molar-refractivity contribution >= 4 is 5.91 Å². The molecule has 0 saturated heterocycles. The molecule has 4 heteroatoms. The summed E-state index contributed by atoms with van der Waals surface area (Å²) >= 11 is 0. The van der Waals surface area contributed by atoms with E-state index in [-0.39, 0.29) is 17.8 Å². The van der Waals surface area contributed by atoms with E-state index in [1.165, 1.54) is 18.6 Å². The summed E-state index contributed by atoms with van der Waals surface area (Å²) in [4.78, 5) is 12.1. The zero-order valence-corrected chi connectivity index (χ0v) is 11.9. The van der Waals surface area contributed by atoms with Crippen LogP contribution in [0.4, 0.5) is 4.39 Å². The maximum atomic E-state index is 13.0. The monoisotopic (exact) mass is 278 g/mol. The van der Waals surface area contributed by atoms with Gasteiger partial charge in [0, 0.05) is 0 Å². The molecule has 2 atom stereocenters. The summed E-state index contributed by atoms with van der Waals surface area (Å²) in [7, 11) is 0. The summed E-state index contributed by atoms with van der Waals surface area (Å²) in [6.07, 6.45) is 4.97. The molecule has 1 fully saturated rings. The Morgan fingerprint density at radius 1 is 1.40 bits per heavy atom. The molecule has 20 heavy (non-hydrogen) atoms. The Hall–Kier alpha value is -1.42. The molecule has 0 aromatic heterocycles. The van der Waals surface area contributed by atoms with Crippen molar-refractivity contribution < 1.29 is 9.18 Å². The Labute approximate surface area is 119 Å². The van der Waals surface area contributed by atoms with E-state index in [1.54, 1.807) is 12.1 Å². The van der Waals surface area contributed by atoms with Crippen LogP contribution < -0.4 is 11.1 Å². The van der Waals surface area contributed by atoms with Crippen molar-refractivity contribution in [3.63, 3.8) is 0 Å². The van der Waals surface area contributed by atoms with Crippen LogP contribution >= 0.6 is 0 Å². The summed E-state index contributed by atoms with van der Waals surface area (Å²) in [5, 5.41) is 3.05. The Morgan fingerprint density at radius 3 is 2.55 bits per heavy atom. The minimum Gasteiger partial charge on any atom is -0.348 e. The largest absolute Gasteiger partial charge is 0.348 e. The molecular formula is C16H23FN2O. The van der Waals surface area contributed by atoms with E-state index in [0.717, 1.165) is 24.8 Å². The molecule has 1 aliphatic rings. The van der Waals surface area contributed by atoms with Gasteiger partial charge in [0.05, 0.1) is 12.1 Å². The summed E-state index contributed by atoms with van der Waals surface area (Å²) < 4.78 is 13.0. The zero-order valence-electron chi connectivity index (χ0n) is 11.9. The fourth-order valence-electron chi connectivity index (χ4n) is 2.62. The zero-order chi connectivity index (χ0) is 14.5. The predicted molar refractivity (Wildman–Crippen MR) is 77.5 cm³/mol. The third-order valence-electron chi connectivity index (χ3n) is 4.08. The molecule has 1 amide bonds. The number of carbonyl (C=O) groups excluding carboxylic acids is 1. The van der Waals surface area contributed by atoms with Crippen LogP contribution in [-0.4, -0.2) is 11.9 Å². The van der Waals surface area contributed by atoms with Gasteiger partial charge in [-0.2, -0.15) is 0 Å². The molecule has 110 valence electrons. The number of hydrogen-bond donors (Lipinski definition) is 2. The van der Waals surface area contributed by atoms with E-state index < -0.39 is 6.04 Å². The number of benzene rings is 1. The highest BCUT2D eigenvalue weighted by Gasteiger charge is 2.30. The lowest BCUT2D eigenvalue weighted by atomic mass is 9.77. The maximum absolute atomic E-state index is 13.0. The van der Waals surface area contributed by atoms with Crippen LogP contribution in [0.2, 0.25) is 0 Å². The minimum atomic E-state index is -0.456. The third-order valence-corrected chi connectivity index (χ3v) is 4.08. The molecule has 1 aromatic rings. The highest BCUT2D eigenvalue weighted by atomic mass is 19.1. The van der Waals surface area contributed by atoms with Crippen LogP contribution in [0.5, 0.6) is 0 Å². The van der Waals surface area contributed by atoms with Gasteiger partial charge in [-0.1, -0.05) is 31.9 Å². The fraction of sp³-hybridized carbons (Fsp3) is 0.562. The minimum absolute atomic E-state index is 0.0419. The van der Waals surface area contributed by atoms with E-state index in [1.807, 2.05) is 6.92 Å². The maximum Gasteiger partial charge on any atom is 0.237 e. The molecule has 1 saturated carbocycles. The Morgan fingerprint density at radius 2 is 2.05 bits per heavy atom. The van der Waals surface area contributed by atoms with E-state index in [0.29, 0.717) is 12.3 Å². The van der Waals surface area contributed by atoms with E-state index in [4.69, 9.17) is 5.73 Å². The average Bonchev–Trinajstić information content (AvgIpc) is 2.37. The summed E-state index contributed by atoms with van der Waals surface area (Å²) in [5.74, 6) is 0.0847. The molecule has 0 spiro atoms. The molecule has 2 rings (SSSR count).